The first-order valence-electron chi connectivity index (χ1n) is 5.78. The van der Waals surface area contributed by atoms with E-state index in [1.807, 2.05) is 0 Å². The van der Waals surface area contributed by atoms with E-state index in [4.69, 9.17) is 32.7 Å². The number of halogens is 2. The smallest absolute Gasteiger partial charge is 0.198 e. The van der Waals surface area contributed by atoms with Gasteiger partial charge in [0.15, 0.2) is 5.78 Å². The minimum absolute atomic E-state index is 0.230. The second-order valence-corrected chi connectivity index (χ2v) is 4.86. The van der Waals surface area contributed by atoms with Crippen LogP contribution < -0.4 is 9.47 Å². The summed E-state index contributed by atoms with van der Waals surface area (Å²) in [5.74, 6) is 0.812. The lowest BCUT2D eigenvalue weighted by atomic mass is 10.0. The van der Waals surface area contributed by atoms with Crippen molar-refractivity contribution >= 4 is 29.0 Å². The zero-order valence-corrected chi connectivity index (χ0v) is 12.5. The molecule has 0 saturated carbocycles. The number of hydrogen-bond donors (Lipinski definition) is 0. The maximum atomic E-state index is 12.5. The van der Waals surface area contributed by atoms with Gasteiger partial charge in [0.1, 0.15) is 11.5 Å². The molecule has 0 aromatic heterocycles. The number of hydrogen-bond acceptors (Lipinski definition) is 3. The molecule has 0 heterocycles. The highest BCUT2D eigenvalue weighted by molar-refractivity contribution is 6.37. The largest absolute Gasteiger partial charge is 0.497 e. The standard InChI is InChI=1S/C15H12Cl2O3/c1-19-10-4-6-12(14(8-10)20-2)15(18)11-5-3-9(16)7-13(11)17/h3-8H,1-2H3. The summed E-state index contributed by atoms with van der Waals surface area (Å²) < 4.78 is 10.3. The van der Waals surface area contributed by atoms with Gasteiger partial charge in [0, 0.05) is 16.7 Å². The molecule has 3 nitrogen and oxygen atoms in total. The molecule has 0 atom stereocenters. The molecule has 0 aliphatic rings. The molecule has 0 aliphatic heterocycles. The number of benzene rings is 2. The normalized spacial score (nSPS) is 10.2. The number of ketones is 1. The molecule has 0 radical (unpaired) electrons. The van der Waals surface area contributed by atoms with Crippen molar-refractivity contribution in [2.24, 2.45) is 0 Å². The zero-order valence-electron chi connectivity index (χ0n) is 10.9. The minimum atomic E-state index is -0.230. The zero-order chi connectivity index (χ0) is 14.7. The van der Waals surface area contributed by atoms with Gasteiger partial charge in [0.25, 0.3) is 0 Å². The molecular weight excluding hydrogens is 299 g/mol. The van der Waals surface area contributed by atoms with Crippen LogP contribution in [0.4, 0.5) is 0 Å². The number of ether oxygens (including phenoxy) is 2. The third-order valence-corrected chi connectivity index (χ3v) is 3.38. The molecule has 2 aromatic rings. The van der Waals surface area contributed by atoms with Crippen molar-refractivity contribution in [3.05, 3.63) is 57.6 Å². The summed E-state index contributed by atoms with van der Waals surface area (Å²) in [7, 11) is 3.04. The predicted molar refractivity (Wildman–Crippen MR) is 79.4 cm³/mol. The summed E-state index contributed by atoms with van der Waals surface area (Å²) in [6.45, 7) is 0. The fourth-order valence-electron chi connectivity index (χ4n) is 1.80. The Labute approximate surface area is 127 Å². The second-order valence-electron chi connectivity index (χ2n) is 4.02. The lowest BCUT2D eigenvalue weighted by molar-refractivity contribution is 0.103. The van der Waals surface area contributed by atoms with Crippen LogP contribution in [-0.2, 0) is 0 Å². The van der Waals surface area contributed by atoms with Gasteiger partial charge in [-0.1, -0.05) is 23.2 Å². The Morgan fingerprint density at radius 2 is 1.65 bits per heavy atom. The molecule has 104 valence electrons. The SMILES string of the molecule is COc1ccc(C(=O)c2ccc(Cl)cc2Cl)c(OC)c1. The average molecular weight is 311 g/mol. The average Bonchev–Trinajstić information content (AvgIpc) is 2.46. The van der Waals surface area contributed by atoms with Crippen LogP contribution in [0.15, 0.2) is 36.4 Å². The van der Waals surface area contributed by atoms with Crippen LogP contribution in [0.1, 0.15) is 15.9 Å². The Morgan fingerprint density at radius 3 is 2.25 bits per heavy atom. The highest BCUT2D eigenvalue weighted by Gasteiger charge is 2.18. The molecule has 0 amide bonds. The molecule has 5 heteroatoms. The summed E-state index contributed by atoms with van der Waals surface area (Å²) in [4.78, 5) is 12.5. The van der Waals surface area contributed by atoms with Crippen molar-refractivity contribution in [1.29, 1.82) is 0 Å². The molecule has 20 heavy (non-hydrogen) atoms. The van der Waals surface area contributed by atoms with Gasteiger partial charge in [-0.3, -0.25) is 4.79 Å². The highest BCUT2D eigenvalue weighted by Crippen LogP contribution is 2.29. The van der Waals surface area contributed by atoms with Crippen molar-refractivity contribution in [2.75, 3.05) is 14.2 Å². The first-order chi connectivity index (χ1) is 9.56. The van der Waals surface area contributed by atoms with Gasteiger partial charge in [-0.25, -0.2) is 0 Å². The lowest BCUT2D eigenvalue weighted by Crippen LogP contribution is -2.05. The van der Waals surface area contributed by atoms with Gasteiger partial charge >= 0.3 is 0 Å². The van der Waals surface area contributed by atoms with Crippen molar-refractivity contribution in [3.63, 3.8) is 0 Å². The summed E-state index contributed by atoms with van der Waals surface area (Å²) >= 11 is 11.9. The fraction of sp³-hybridized carbons (Fsp3) is 0.133. The number of rotatable bonds is 4. The third-order valence-electron chi connectivity index (χ3n) is 2.83. The van der Waals surface area contributed by atoms with Crippen molar-refractivity contribution in [3.8, 4) is 11.5 Å². The Kier molecular flexibility index (Phi) is 4.53. The molecule has 0 aliphatic carbocycles. The quantitative estimate of drug-likeness (QED) is 0.792. The van der Waals surface area contributed by atoms with E-state index in [2.05, 4.69) is 0 Å². The van der Waals surface area contributed by atoms with Crippen LogP contribution in [0.25, 0.3) is 0 Å². The molecule has 2 rings (SSSR count). The first-order valence-corrected chi connectivity index (χ1v) is 6.54. The molecule has 0 unspecified atom stereocenters. The second kappa shape index (κ2) is 6.16. The molecule has 0 saturated heterocycles. The van der Waals surface area contributed by atoms with Gasteiger partial charge in [-0.05, 0) is 30.3 Å². The van der Waals surface area contributed by atoms with E-state index in [0.29, 0.717) is 32.7 Å². The maximum Gasteiger partial charge on any atom is 0.198 e. The van der Waals surface area contributed by atoms with Gasteiger partial charge in [0.2, 0.25) is 0 Å². The molecule has 2 aromatic carbocycles. The van der Waals surface area contributed by atoms with Gasteiger partial charge in [-0.15, -0.1) is 0 Å². The summed E-state index contributed by atoms with van der Waals surface area (Å²) in [6.07, 6.45) is 0. The van der Waals surface area contributed by atoms with E-state index in [1.165, 1.54) is 13.2 Å². The molecular formula is C15H12Cl2O3. The van der Waals surface area contributed by atoms with E-state index in [1.54, 1.807) is 37.4 Å². The van der Waals surface area contributed by atoms with Crippen molar-refractivity contribution in [1.82, 2.24) is 0 Å². The first kappa shape index (κ1) is 14.7. The molecule has 0 bridgehead atoms. The molecule has 0 N–H and O–H groups in total. The topological polar surface area (TPSA) is 35.5 Å². The van der Waals surface area contributed by atoms with E-state index >= 15 is 0 Å². The number of methoxy groups -OCH3 is 2. The summed E-state index contributed by atoms with van der Waals surface area (Å²) in [5.41, 5.74) is 0.789. The van der Waals surface area contributed by atoms with E-state index in [0.717, 1.165) is 0 Å². The van der Waals surface area contributed by atoms with Crippen LogP contribution in [0.5, 0.6) is 11.5 Å². The van der Waals surface area contributed by atoms with Gasteiger partial charge in [0.05, 0.1) is 24.8 Å². The molecule has 0 spiro atoms. The van der Waals surface area contributed by atoms with E-state index < -0.39 is 0 Å². The van der Waals surface area contributed by atoms with E-state index in [9.17, 15) is 4.79 Å². The van der Waals surface area contributed by atoms with Crippen molar-refractivity contribution in [2.45, 2.75) is 0 Å². The maximum absolute atomic E-state index is 12.5. The van der Waals surface area contributed by atoms with Crippen LogP contribution in [0.3, 0.4) is 0 Å². The van der Waals surface area contributed by atoms with Gasteiger partial charge < -0.3 is 9.47 Å². The minimum Gasteiger partial charge on any atom is -0.497 e. The van der Waals surface area contributed by atoms with E-state index in [-0.39, 0.29) is 5.78 Å². The van der Waals surface area contributed by atoms with Crippen LogP contribution in [0, 0.1) is 0 Å². The Bertz CT molecular complexity index is 654. The Hall–Kier alpha value is -1.71. The summed E-state index contributed by atoms with van der Waals surface area (Å²) in [5, 5.41) is 0.786. The third kappa shape index (κ3) is 2.89. The molecule has 0 fully saturated rings. The van der Waals surface area contributed by atoms with Crippen LogP contribution >= 0.6 is 23.2 Å². The lowest BCUT2D eigenvalue weighted by Gasteiger charge is -2.10. The highest BCUT2D eigenvalue weighted by atomic mass is 35.5. The van der Waals surface area contributed by atoms with Crippen molar-refractivity contribution < 1.29 is 14.3 Å². The van der Waals surface area contributed by atoms with Crippen LogP contribution in [-0.4, -0.2) is 20.0 Å². The summed E-state index contributed by atoms with van der Waals surface area (Å²) in [6, 6.07) is 9.74. The number of carbonyl (C=O) groups excluding carboxylic acids is 1. The predicted octanol–water partition coefficient (Wildman–Crippen LogP) is 4.24. The van der Waals surface area contributed by atoms with Crippen LogP contribution in [0.2, 0.25) is 10.0 Å². The fourth-order valence-corrected chi connectivity index (χ4v) is 2.30. The van der Waals surface area contributed by atoms with Gasteiger partial charge in [-0.2, -0.15) is 0 Å². The Balaban J connectivity index is 2.47. The Morgan fingerprint density at radius 1 is 0.950 bits per heavy atom. The monoisotopic (exact) mass is 310 g/mol. The number of carbonyl (C=O) groups is 1.